The van der Waals surface area contributed by atoms with Crippen molar-refractivity contribution < 1.29 is 4.79 Å². The summed E-state index contributed by atoms with van der Waals surface area (Å²) >= 11 is 1.54. The third-order valence-electron chi connectivity index (χ3n) is 3.49. The molecule has 6 nitrogen and oxygen atoms in total. The summed E-state index contributed by atoms with van der Waals surface area (Å²) in [6, 6.07) is 7.77. The van der Waals surface area contributed by atoms with E-state index in [-0.39, 0.29) is 11.8 Å². The maximum Gasteiger partial charge on any atom is 0.224 e. The average Bonchev–Trinajstić information content (AvgIpc) is 2.98. The van der Waals surface area contributed by atoms with Crippen molar-refractivity contribution in [3.05, 3.63) is 41.1 Å². The Morgan fingerprint density at radius 3 is 2.70 bits per heavy atom. The molecular weight excluding hydrogens is 310 g/mol. The van der Waals surface area contributed by atoms with Gasteiger partial charge in [0.1, 0.15) is 0 Å². The van der Waals surface area contributed by atoms with Crippen LogP contribution >= 0.6 is 11.8 Å². The molecule has 0 spiro atoms. The highest BCUT2D eigenvalue weighted by molar-refractivity contribution is 8.02. The number of fused-ring (bicyclic) bond motifs is 1. The topological polar surface area (TPSA) is 71.8 Å². The van der Waals surface area contributed by atoms with E-state index < -0.39 is 0 Å². The highest BCUT2D eigenvalue weighted by Crippen LogP contribution is 2.30. The van der Waals surface area contributed by atoms with Gasteiger partial charge in [-0.15, -0.1) is 10.2 Å². The first-order valence-electron chi connectivity index (χ1n) is 7.58. The van der Waals surface area contributed by atoms with Gasteiger partial charge in [-0.25, -0.2) is 4.68 Å². The van der Waals surface area contributed by atoms with Gasteiger partial charge >= 0.3 is 0 Å². The Morgan fingerprint density at radius 1 is 1.30 bits per heavy atom. The molecule has 1 amide bonds. The molecule has 0 aliphatic carbocycles. The lowest BCUT2D eigenvalue weighted by molar-refractivity contribution is -0.115. The number of carbonyl (C=O) groups is 1. The molecule has 1 aliphatic heterocycles. The van der Waals surface area contributed by atoms with E-state index in [1.54, 1.807) is 11.8 Å². The number of amides is 1. The van der Waals surface area contributed by atoms with Crippen molar-refractivity contribution in [3.8, 4) is 0 Å². The maximum absolute atomic E-state index is 11.4. The van der Waals surface area contributed by atoms with Crippen molar-refractivity contribution in [2.24, 2.45) is 0 Å². The van der Waals surface area contributed by atoms with E-state index in [1.165, 1.54) is 0 Å². The molecule has 0 radical (unpaired) electrons. The van der Waals surface area contributed by atoms with Gasteiger partial charge in [-0.05, 0) is 12.1 Å². The zero-order valence-corrected chi connectivity index (χ0v) is 14.1. The van der Waals surface area contributed by atoms with E-state index in [0.29, 0.717) is 6.42 Å². The van der Waals surface area contributed by atoms with Crippen LogP contribution in [0.2, 0.25) is 0 Å². The number of nitrogens with one attached hydrogen (secondary N) is 2. The third-order valence-corrected chi connectivity index (χ3v) is 4.32. The third kappa shape index (κ3) is 3.24. The van der Waals surface area contributed by atoms with Gasteiger partial charge < -0.3 is 5.32 Å². The van der Waals surface area contributed by atoms with Gasteiger partial charge in [0.2, 0.25) is 11.1 Å². The molecule has 1 aliphatic rings. The van der Waals surface area contributed by atoms with Crippen molar-refractivity contribution >= 4 is 29.1 Å². The molecular formula is C16H19N5OS. The van der Waals surface area contributed by atoms with Gasteiger partial charge in [0.25, 0.3) is 0 Å². The van der Waals surface area contributed by atoms with E-state index in [1.807, 2.05) is 41.3 Å². The summed E-state index contributed by atoms with van der Waals surface area (Å²) in [6.07, 6.45) is 0.472. The first-order valence-corrected chi connectivity index (χ1v) is 8.46. The average molecular weight is 329 g/mol. The van der Waals surface area contributed by atoms with Crippen molar-refractivity contribution in [3.63, 3.8) is 0 Å². The Morgan fingerprint density at radius 2 is 2.04 bits per heavy atom. The lowest BCUT2D eigenvalue weighted by Gasteiger charge is -2.20. The minimum atomic E-state index is 0.0130. The fourth-order valence-electron chi connectivity index (χ4n) is 2.21. The molecule has 120 valence electrons. The number of aromatic nitrogens is 3. The predicted molar refractivity (Wildman–Crippen MR) is 92.7 cm³/mol. The second-order valence-corrected chi connectivity index (χ2v) is 6.41. The van der Waals surface area contributed by atoms with Crippen LogP contribution in [0.25, 0.3) is 5.70 Å². The van der Waals surface area contributed by atoms with Gasteiger partial charge in [0.15, 0.2) is 5.82 Å². The number of anilines is 1. The van der Waals surface area contributed by atoms with Crippen LogP contribution in [0.5, 0.6) is 0 Å². The lowest BCUT2D eigenvalue weighted by Crippen LogP contribution is -2.20. The zero-order valence-electron chi connectivity index (χ0n) is 13.3. The first-order chi connectivity index (χ1) is 11.1. The number of hydrogen-bond acceptors (Lipinski definition) is 5. The van der Waals surface area contributed by atoms with Crippen LogP contribution < -0.4 is 10.7 Å². The fraction of sp³-hybridized carbons (Fsp3) is 0.312. The zero-order chi connectivity index (χ0) is 16.4. The quantitative estimate of drug-likeness (QED) is 0.899. The van der Waals surface area contributed by atoms with Crippen molar-refractivity contribution in [2.75, 3.05) is 10.7 Å². The van der Waals surface area contributed by atoms with E-state index in [9.17, 15) is 4.79 Å². The van der Waals surface area contributed by atoms with Gasteiger partial charge in [0.05, 0.1) is 5.70 Å². The molecule has 0 unspecified atom stereocenters. The first kappa shape index (κ1) is 15.6. The summed E-state index contributed by atoms with van der Waals surface area (Å²) in [6.45, 7) is 6.01. The fourth-order valence-corrected chi connectivity index (χ4v) is 2.95. The monoisotopic (exact) mass is 329 g/mol. The Labute approximate surface area is 139 Å². The normalized spacial score (nSPS) is 13.3. The van der Waals surface area contributed by atoms with Crippen LogP contribution in [0, 0.1) is 0 Å². The molecule has 0 saturated heterocycles. The molecule has 0 bridgehead atoms. The molecule has 1 aromatic heterocycles. The summed E-state index contributed by atoms with van der Waals surface area (Å²) < 4.78 is 1.93. The number of thioether (sulfide) groups is 1. The number of carbonyl (C=O) groups excluding carboxylic acids is 1. The minimum absolute atomic E-state index is 0.0130. The number of hydrogen-bond donors (Lipinski definition) is 2. The summed E-state index contributed by atoms with van der Waals surface area (Å²) in [4.78, 5) is 11.4. The van der Waals surface area contributed by atoms with Crippen molar-refractivity contribution in [2.45, 2.75) is 38.3 Å². The van der Waals surface area contributed by atoms with E-state index in [2.05, 4.69) is 34.8 Å². The number of nitrogens with zero attached hydrogens (tertiary/aromatic N) is 3. The van der Waals surface area contributed by atoms with Gasteiger partial charge in [-0.3, -0.25) is 10.2 Å². The summed E-state index contributed by atoms with van der Waals surface area (Å²) in [5.41, 5.74) is 6.19. The second kappa shape index (κ2) is 6.45. The molecule has 3 rings (SSSR count). The van der Waals surface area contributed by atoms with Crippen LogP contribution in [0.1, 0.15) is 44.5 Å². The molecule has 2 heterocycles. The van der Waals surface area contributed by atoms with E-state index in [0.717, 1.165) is 27.9 Å². The van der Waals surface area contributed by atoms with E-state index >= 15 is 0 Å². The molecule has 0 fully saturated rings. The maximum atomic E-state index is 11.4. The molecule has 2 aromatic rings. The van der Waals surface area contributed by atoms with Gasteiger partial charge in [0, 0.05) is 29.0 Å². The molecule has 7 heteroatoms. The predicted octanol–water partition coefficient (Wildman–Crippen LogP) is 3.40. The van der Waals surface area contributed by atoms with Crippen LogP contribution in [-0.4, -0.2) is 20.8 Å². The number of rotatable bonds is 4. The molecule has 2 N–H and O–H groups in total. The van der Waals surface area contributed by atoms with Crippen LogP contribution in [0.4, 0.5) is 5.69 Å². The Hall–Kier alpha value is -2.28. The van der Waals surface area contributed by atoms with E-state index in [4.69, 9.17) is 0 Å². The van der Waals surface area contributed by atoms with Crippen LogP contribution in [-0.2, 0) is 4.79 Å². The lowest BCUT2D eigenvalue weighted by atomic mass is 10.1. The highest BCUT2D eigenvalue weighted by atomic mass is 32.2. The smallest absolute Gasteiger partial charge is 0.224 e. The molecule has 1 aromatic carbocycles. The van der Waals surface area contributed by atoms with Crippen LogP contribution in [0.15, 0.2) is 34.8 Å². The Bertz CT molecular complexity index is 748. The van der Waals surface area contributed by atoms with Crippen molar-refractivity contribution in [1.29, 1.82) is 0 Å². The van der Waals surface area contributed by atoms with Crippen LogP contribution in [0.3, 0.4) is 0 Å². The Kier molecular flexibility index (Phi) is 4.38. The highest BCUT2D eigenvalue weighted by Gasteiger charge is 2.19. The Balaban J connectivity index is 1.79. The van der Waals surface area contributed by atoms with Gasteiger partial charge in [-0.2, -0.15) is 0 Å². The second-order valence-electron chi connectivity index (χ2n) is 5.57. The summed E-state index contributed by atoms with van der Waals surface area (Å²) in [5, 5.41) is 14.1. The summed E-state index contributed by atoms with van der Waals surface area (Å²) in [7, 11) is 0. The summed E-state index contributed by atoms with van der Waals surface area (Å²) in [5.74, 6) is 1.21. The van der Waals surface area contributed by atoms with Gasteiger partial charge in [-0.1, -0.05) is 44.7 Å². The minimum Gasteiger partial charge on any atom is -0.326 e. The molecule has 0 atom stereocenters. The number of benzene rings is 1. The molecule has 0 saturated carbocycles. The van der Waals surface area contributed by atoms with Crippen molar-refractivity contribution in [1.82, 2.24) is 14.9 Å². The molecule has 23 heavy (non-hydrogen) atoms. The SMILES string of the molecule is CCC(=O)Nc1ccc(C2=CSc3nnc(C(C)C)n3N2)cc1. The largest absolute Gasteiger partial charge is 0.326 e. The standard InChI is InChI=1S/C16H19N5OS/c1-4-14(22)17-12-7-5-11(6-8-12)13-9-23-16-19-18-15(10(2)3)21(16)20-13/h5-10,20H,4H2,1-3H3,(H,17,22).